The van der Waals surface area contributed by atoms with E-state index in [0.29, 0.717) is 45.9 Å². The molecule has 0 aromatic heterocycles. The maximum absolute atomic E-state index is 11.4. The van der Waals surface area contributed by atoms with Crippen molar-refractivity contribution in [3.05, 3.63) is 0 Å². The highest BCUT2D eigenvalue weighted by molar-refractivity contribution is 5.77. The van der Waals surface area contributed by atoms with E-state index in [1.54, 1.807) is 0 Å². The Morgan fingerprint density at radius 2 is 1.38 bits per heavy atom. The first-order chi connectivity index (χ1) is 11.6. The van der Waals surface area contributed by atoms with Crippen LogP contribution in [-0.2, 0) is 23.8 Å². The zero-order chi connectivity index (χ0) is 18.0. The molecule has 2 N–H and O–H groups in total. The number of rotatable bonds is 16. The monoisotopic (exact) mass is 346 g/mol. The number of amides is 2. The van der Waals surface area contributed by atoms with E-state index in [-0.39, 0.29) is 24.5 Å². The third-order valence-corrected chi connectivity index (χ3v) is 3.08. The van der Waals surface area contributed by atoms with E-state index in [1.165, 1.54) is 0 Å². The van der Waals surface area contributed by atoms with Crippen molar-refractivity contribution in [2.24, 2.45) is 0 Å². The molecule has 0 aromatic rings. The van der Waals surface area contributed by atoms with Gasteiger partial charge in [0, 0.05) is 32.7 Å². The molecule has 0 atom stereocenters. The maximum Gasteiger partial charge on any atom is 0.246 e. The molecule has 7 heteroatoms. The Bertz CT molecular complexity index is 324. The van der Waals surface area contributed by atoms with Crippen LogP contribution in [0.25, 0.3) is 0 Å². The summed E-state index contributed by atoms with van der Waals surface area (Å²) in [7, 11) is 0. The van der Waals surface area contributed by atoms with E-state index in [4.69, 9.17) is 14.2 Å². The molecular weight excluding hydrogens is 312 g/mol. The fourth-order valence-electron chi connectivity index (χ4n) is 1.73. The fraction of sp³-hybridized carbons (Fsp3) is 0.882. The lowest BCUT2D eigenvalue weighted by Crippen LogP contribution is -2.31. The van der Waals surface area contributed by atoms with Crippen molar-refractivity contribution < 1.29 is 23.8 Å². The minimum atomic E-state index is -0.112. The lowest BCUT2D eigenvalue weighted by Gasteiger charge is -2.09. The molecule has 0 rings (SSSR count). The van der Waals surface area contributed by atoms with Crippen molar-refractivity contribution in [1.29, 1.82) is 0 Å². The summed E-state index contributed by atoms with van der Waals surface area (Å²) in [6.07, 6.45) is 3.56. The number of hydrogen-bond donors (Lipinski definition) is 2. The summed E-state index contributed by atoms with van der Waals surface area (Å²) in [5.74, 6) is -0.0565. The molecular formula is C17H34N2O5. The Morgan fingerprint density at radius 3 is 1.88 bits per heavy atom. The molecule has 0 radical (unpaired) electrons. The molecule has 0 bridgehead atoms. The van der Waals surface area contributed by atoms with Crippen molar-refractivity contribution in [2.45, 2.75) is 52.6 Å². The SMILES string of the molecule is CCC(=O)NCCOCCCCCOCCNC(=O)COC(C)C. The highest BCUT2D eigenvalue weighted by atomic mass is 16.5. The van der Waals surface area contributed by atoms with Crippen LogP contribution in [0.3, 0.4) is 0 Å². The maximum atomic E-state index is 11.4. The summed E-state index contributed by atoms with van der Waals surface area (Å²) >= 11 is 0. The zero-order valence-electron chi connectivity index (χ0n) is 15.4. The van der Waals surface area contributed by atoms with Crippen LogP contribution >= 0.6 is 0 Å². The van der Waals surface area contributed by atoms with Crippen LogP contribution in [0.15, 0.2) is 0 Å². The summed E-state index contributed by atoms with van der Waals surface area (Å²) in [4.78, 5) is 22.3. The number of carbonyl (C=O) groups excluding carboxylic acids is 2. The van der Waals surface area contributed by atoms with Gasteiger partial charge < -0.3 is 24.8 Å². The van der Waals surface area contributed by atoms with E-state index in [9.17, 15) is 9.59 Å². The highest BCUT2D eigenvalue weighted by Gasteiger charge is 2.02. The van der Waals surface area contributed by atoms with Gasteiger partial charge in [-0.15, -0.1) is 0 Å². The predicted octanol–water partition coefficient (Wildman–Crippen LogP) is 1.26. The molecule has 7 nitrogen and oxygen atoms in total. The first kappa shape index (κ1) is 22.8. The minimum Gasteiger partial charge on any atom is -0.380 e. The van der Waals surface area contributed by atoms with Crippen LogP contribution < -0.4 is 10.6 Å². The third kappa shape index (κ3) is 17.2. The van der Waals surface area contributed by atoms with Gasteiger partial charge in [-0.25, -0.2) is 0 Å². The van der Waals surface area contributed by atoms with Gasteiger partial charge in [0.15, 0.2) is 0 Å². The van der Waals surface area contributed by atoms with Crippen LogP contribution in [0.1, 0.15) is 46.5 Å². The molecule has 0 fully saturated rings. The number of nitrogens with one attached hydrogen (secondary N) is 2. The summed E-state index contributed by atoms with van der Waals surface area (Å²) in [5.41, 5.74) is 0. The van der Waals surface area contributed by atoms with Crippen LogP contribution in [0.4, 0.5) is 0 Å². The fourth-order valence-corrected chi connectivity index (χ4v) is 1.73. The summed E-state index contributed by atoms with van der Waals surface area (Å²) in [6.45, 7) is 9.25. The van der Waals surface area contributed by atoms with Gasteiger partial charge in [0.2, 0.25) is 11.8 Å². The topological polar surface area (TPSA) is 85.9 Å². The average molecular weight is 346 g/mol. The molecule has 0 unspecified atom stereocenters. The van der Waals surface area contributed by atoms with Gasteiger partial charge in [-0.05, 0) is 33.1 Å². The van der Waals surface area contributed by atoms with Gasteiger partial charge in [0.05, 0.1) is 19.3 Å². The van der Waals surface area contributed by atoms with Gasteiger partial charge in [-0.2, -0.15) is 0 Å². The number of hydrogen-bond acceptors (Lipinski definition) is 5. The Labute approximate surface area is 145 Å². The van der Waals surface area contributed by atoms with E-state index in [2.05, 4.69) is 10.6 Å². The van der Waals surface area contributed by atoms with Crippen molar-refractivity contribution in [2.75, 3.05) is 46.1 Å². The van der Waals surface area contributed by atoms with E-state index in [0.717, 1.165) is 19.3 Å². The molecule has 142 valence electrons. The number of unbranched alkanes of at least 4 members (excludes halogenated alkanes) is 2. The standard InChI is InChI=1S/C17H34N2O5/c1-4-16(20)18-8-12-22-10-6-5-7-11-23-13-9-19-17(21)14-24-15(2)3/h15H,4-14H2,1-3H3,(H,18,20)(H,19,21). The van der Waals surface area contributed by atoms with Crippen molar-refractivity contribution in [3.8, 4) is 0 Å². The predicted molar refractivity (Wildman–Crippen MR) is 92.9 cm³/mol. The van der Waals surface area contributed by atoms with Crippen LogP contribution in [0, 0.1) is 0 Å². The van der Waals surface area contributed by atoms with E-state index >= 15 is 0 Å². The normalized spacial score (nSPS) is 10.8. The molecule has 0 heterocycles. The van der Waals surface area contributed by atoms with Gasteiger partial charge in [-0.1, -0.05) is 6.92 Å². The Balaban J connectivity index is 3.15. The van der Waals surface area contributed by atoms with Crippen LogP contribution in [0.2, 0.25) is 0 Å². The molecule has 0 aliphatic carbocycles. The highest BCUT2D eigenvalue weighted by Crippen LogP contribution is 1.96. The molecule has 0 spiro atoms. The van der Waals surface area contributed by atoms with E-state index in [1.807, 2.05) is 20.8 Å². The molecule has 0 aromatic carbocycles. The Kier molecular flexibility index (Phi) is 15.9. The first-order valence-electron chi connectivity index (χ1n) is 8.86. The van der Waals surface area contributed by atoms with Crippen LogP contribution in [-0.4, -0.2) is 64.0 Å². The largest absolute Gasteiger partial charge is 0.380 e. The Hall–Kier alpha value is -1.18. The number of carbonyl (C=O) groups is 2. The van der Waals surface area contributed by atoms with E-state index < -0.39 is 0 Å². The second-order valence-electron chi connectivity index (χ2n) is 5.70. The lowest BCUT2D eigenvalue weighted by atomic mass is 10.2. The smallest absolute Gasteiger partial charge is 0.246 e. The molecule has 24 heavy (non-hydrogen) atoms. The van der Waals surface area contributed by atoms with Gasteiger partial charge in [0.1, 0.15) is 6.61 Å². The van der Waals surface area contributed by atoms with Crippen molar-refractivity contribution >= 4 is 11.8 Å². The summed E-state index contributed by atoms with van der Waals surface area (Å²) in [6, 6.07) is 0. The molecule has 2 amide bonds. The minimum absolute atomic E-state index is 0.0550. The van der Waals surface area contributed by atoms with Crippen molar-refractivity contribution in [3.63, 3.8) is 0 Å². The Morgan fingerprint density at radius 1 is 0.833 bits per heavy atom. The summed E-state index contributed by atoms with van der Waals surface area (Å²) in [5, 5.41) is 5.50. The van der Waals surface area contributed by atoms with Crippen LogP contribution in [0.5, 0.6) is 0 Å². The first-order valence-corrected chi connectivity index (χ1v) is 8.86. The quantitative estimate of drug-likeness (QED) is 0.411. The number of ether oxygens (including phenoxy) is 3. The molecule has 0 aliphatic heterocycles. The zero-order valence-corrected chi connectivity index (χ0v) is 15.4. The van der Waals surface area contributed by atoms with Crippen molar-refractivity contribution in [1.82, 2.24) is 10.6 Å². The molecule has 0 saturated heterocycles. The molecule has 0 aliphatic rings. The second kappa shape index (κ2) is 16.7. The van der Waals surface area contributed by atoms with Gasteiger partial charge in [0.25, 0.3) is 0 Å². The second-order valence-corrected chi connectivity index (χ2v) is 5.70. The van der Waals surface area contributed by atoms with Gasteiger partial charge in [-0.3, -0.25) is 9.59 Å². The third-order valence-electron chi connectivity index (χ3n) is 3.08. The van der Waals surface area contributed by atoms with Gasteiger partial charge >= 0.3 is 0 Å². The summed E-state index contributed by atoms with van der Waals surface area (Å²) < 4.78 is 16.1. The lowest BCUT2D eigenvalue weighted by molar-refractivity contribution is -0.127. The molecule has 0 saturated carbocycles. The average Bonchev–Trinajstić information content (AvgIpc) is 2.56.